The van der Waals surface area contributed by atoms with Gasteiger partial charge < -0.3 is 14.7 Å². The van der Waals surface area contributed by atoms with E-state index < -0.39 is 5.82 Å². The van der Waals surface area contributed by atoms with Crippen LogP contribution in [-0.2, 0) is 6.42 Å². The first-order chi connectivity index (χ1) is 21.8. The number of pyridine rings is 1. The summed E-state index contributed by atoms with van der Waals surface area (Å²) in [6.07, 6.45) is 11.2. The quantitative estimate of drug-likeness (QED) is 0.196. The molecule has 2 saturated heterocycles. The Balaban J connectivity index is 1.30. The summed E-state index contributed by atoms with van der Waals surface area (Å²) >= 11 is 0. The molecule has 3 fully saturated rings. The molecular formula is C36H43F2N5O2. The van der Waals surface area contributed by atoms with Gasteiger partial charge in [-0.1, -0.05) is 19.9 Å². The van der Waals surface area contributed by atoms with E-state index in [0.717, 1.165) is 70.0 Å². The number of halogens is 2. The van der Waals surface area contributed by atoms with Gasteiger partial charge in [0.2, 0.25) is 0 Å². The summed E-state index contributed by atoms with van der Waals surface area (Å²) in [6.45, 7) is 7.57. The molecule has 0 bridgehead atoms. The van der Waals surface area contributed by atoms with Crippen LogP contribution >= 0.6 is 0 Å². The third-order valence-corrected chi connectivity index (χ3v) is 10.6. The van der Waals surface area contributed by atoms with E-state index in [1.165, 1.54) is 25.0 Å². The lowest BCUT2D eigenvalue weighted by Gasteiger charge is -2.33. The molecule has 4 aromatic rings. The van der Waals surface area contributed by atoms with Crippen LogP contribution in [-0.4, -0.2) is 63.8 Å². The highest BCUT2D eigenvalue weighted by atomic mass is 19.1. The molecule has 45 heavy (non-hydrogen) atoms. The van der Waals surface area contributed by atoms with E-state index in [1.54, 1.807) is 18.3 Å². The minimum Gasteiger partial charge on any atom is -0.508 e. The summed E-state index contributed by atoms with van der Waals surface area (Å²) in [5.41, 5.74) is 0.898. The van der Waals surface area contributed by atoms with Crippen LogP contribution in [0, 0.1) is 23.5 Å². The molecule has 0 amide bonds. The highest BCUT2D eigenvalue weighted by Gasteiger charge is 2.45. The molecule has 0 spiro atoms. The van der Waals surface area contributed by atoms with Crippen molar-refractivity contribution < 1.29 is 18.6 Å². The van der Waals surface area contributed by atoms with Crippen molar-refractivity contribution >= 4 is 27.5 Å². The summed E-state index contributed by atoms with van der Waals surface area (Å²) in [6, 6.07) is 6.17. The maximum absolute atomic E-state index is 16.8. The summed E-state index contributed by atoms with van der Waals surface area (Å²) in [7, 11) is 1.98. The lowest BCUT2D eigenvalue weighted by Crippen LogP contribution is -2.43. The molecular weight excluding hydrogens is 572 g/mol. The standard InChI is InChI=1S/C36H43F2N5O2/c1-4-26-29(37)10-9-24-18-25(44)19-27(30(24)26)32-31(38)33-28(20-39-32)34(42(3)13-5-8-23-16-22(2)17-23)41-35(40-33)45-21-36-11-6-14-43(36)15-7-12-36/h9-10,18-20,22-23,44H,4-8,11-17,21H2,1-3H3. The molecule has 4 heterocycles. The predicted octanol–water partition coefficient (Wildman–Crippen LogP) is 7.66. The second-order valence-electron chi connectivity index (χ2n) is 13.7. The number of rotatable bonds is 10. The van der Waals surface area contributed by atoms with Gasteiger partial charge in [-0.15, -0.1) is 0 Å². The topological polar surface area (TPSA) is 74.6 Å². The van der Waals surface area contributed by atoms with E-state index in [0.29, 0.717) is 46.1 Å². The second kappa shape index (κ2) is 12.0. The third-order valence-electron chi connectivity index (χ3n) is 10.6. The number of phenols is 1. The van der Waals surface area contributed by atoms with Gasteiger partial charge >= 0.3 is 6.01 Å². The smallest absolute Gasteiger partial charge is 0.319 e. The summed E-state index contributed by atoms with van der Waals surface area (Å²) < 4.78 is 38.1. The highest BCUT2D eigenvalue weighted by molar-refractivity contribution is 6.01. The first kappa shape index (κ1) is 30.1. The normalized spacial score (nSPS) is 20.9. The Morgan fingerprint density at radius 2 is 1.89 bits per heavy atom. The fourth-order valence-corrected chi connectivity index (χ4v) is 8.28. The molecule has 2 aromatic carbocycles. The van der Waals surface area contributed by atoms with Crippen LogP contribution < -0.4 is 9.64 Å². The maximum atomic E-state index is 16.8. The Bertz CT molecular complexity index is 1730. The molecule has 238 valence electrons. The van der Waals surface area contributed by atoms with Crippen molar-refractivity contribution in [2.75, 3.05) is 38.2 Å². The number of aromatic hydroxyl groups is 1. The number of ether oxygens (including phenoxy) is 1. The SMILES string of the molecule is CCc1c(F)ccc2cc(O)cc(-c3ncc4c(N(C)CCCC5CC(C)C5)nc(OCC56CCCN5CCC6)nc4c3F)c12. The van der Waals surface area contributed by atoms with Crippen molar-refractivity contribution in [1.82, 2.24) is 19.9 Å². The van der Waals surface area contributed by atoms with Crippen LogP contribution in [0.15, 0.2) is 30.5 Å². The van der Waals surface area contributed by atoms with Gasteiger partial charge in [0, 0.05) is 25.4 Å². The average Bonchev–Trinajstić information content (AvgIpc) is 3.59. The summed E-state index contributed by atoms with van der Waals surface area (Å²) in [4.78, 5) is 18.6. The van der Waals surface area contributed by atoms with Crippen molar-refractivity contribution in [3.05, 3.63) is 47.7 Å². The fourth-order valence-electron chi connectivity index (χ4n) is 8.28. The molecule has 3 aliphatic rings. The van der Waals surface area contributed by atoms with Crippen molar-refractivity contribution in [2.45, 2.75) is 77.2 Å². The van der Waals surface area contributed by atoms with Crippen molar-refractivity contribution in [2.24, 2.45) is 11.8 Å². The van der Waals surface area contributed by atoms with Gasteiger partial charge in [0.05, 0.1) is 10.9 Å². The molecule has 7 nitrogen and oxygen atoms in total. The van der Waals surface area contributed by atoms with Gasteiger partial charge in [-0.3, -0.25) is 9.88 Å². The minimum atomic E-state index is -0.641. The highest BCUT2D eigenvalue weighted by Crippen LogP contribution is 2.41. The van der Waals surface area contributed by atoms with Gasteiger partial charge in [-0.2, -0.15) is 9.97 Å². The molecule has 1 aliphatic carbocycles. The largest absolute Gasteiger partial charge is 0.508 e. The summed E-state index contributed by atoms with van der Waals surface area (Å²) in [5, 5.41) is 12.2. The van der Waals surface area contributed by atoms with E-state index in [-0.39, 0.29) is 34.3 Å². The van der Waals surface area contributed by atoms with Gasteiger partial charge in [-0.25, -0.2) is 8.78 Å². The molecule has 0 atom stereocenters. The number of aryl methyl sites for hydroxylation is 1. The van der Waals surface area contributed by atoms with E-state index >= 15 is 4.39 Å². The van der Waals surface area contributed by atoms with E-state index in [1.807, 2.05) is 14.0 Å². The minimum absolute atomic E-state index is 0.00660. The second-order valence-corrected chi connectivity index (χ2v) is 13.7. The molecule has 0 radical (unpaired) electrons. The number of hydrogen-bond donors (Lipinski definition) is 1. The van der Waals surface area contributed by atoms with Gasteiger partial charge in [-0.05, 0) is 117 Å². The monoisotopic (exact) mass is 615 g/mol. The molecule has 1 saturated carbocycles. The number of phenolic OH excluding ortho intramolecular Hbond substituents is 1. The van der Waals surface area contributed by atoms with Crippen molar-refractivity contribution in [3.63, 3.8) is 0 Å². The van der Waals surface area contributed by atoms with Crippen LogP contribution in [0.1, 0.15) is 70.8 Å². The molecule has 1 N–H and O–H groups in total. The predicted molar refractivity (Wildman–Crippen MR) is 174 cm³/mol. The third kappa shape index (κ3) is 5.47. The van der Waals surface area contributed by atoms with Crippen LogP contribution in [0.5, 0.6) is 11.8 Å². The molecule has 7 rings (SSSR count). The maximum Gasteiger partial charge on any atom is 0.319 e. The van der Waals surface area contributed by atoms with E-state index in [2.05, 4.69) is 26.7 Å². The van der Waals surface area contributed by atoms with Crippen LogP contribution in [0.25, 0.3) is 32.9 Å². The number of benzene rings is 2. The number of hydrogen-bond acceptors (Lipinski definition) is 7. The Morgan fingerprint density at radius 3 is 2.62 bits per heavy atom. The lowest BCUT2D eigenvalue weighted by atomic mass is 9.74. The average molecular weight is 616 g/mol. The Hall–Kier alpha value is -3.59. The van der Waals surface area contributed by atoms with Crippen LogP contribution in [0.4, 0.5) is 14.6 Å². The molecule has 0 unspecified atom stereocenters. The number of aromatic nitrogens is 3. The Morgan fingerprint density at radius 1 is 1.11 bits per heavy atom. The Labute approximate surface area is 263 Å². The number of fused-ring (bicyclic) bond motifs is 3. The summed E-state index contributed by atoms with van der Waals surface area (Å²) in [5.74, 6) is 1.14. The first-order valence-corrected chi connectivity index (χ1v) is 16.7. The molecule has 2 aliphatic heterocycles. The van der Waals surface area contributed by atoms with Crippen molar-refractivity contribution in [3.8, 4) is 23.0 Å². The molecule has 2 aromatic heterocycles. The number of anilines is 1. The van der Waals surface area contributed by atoms with E-state index in [9.17, 15) is 9.50 Å². The van der Waals surface area contributed by atoms with E-state index in [4.69, 9.17) is 9.72 Å². The van der Waals surface area contributed by atoms with Crippen LogP contribution in [0.3, 0.4) is 0 Å². The zero-order chi connectivity index (χ0) is 31.3. The zero-order valence-electron chi connectivity index (χ0n) is 26.6. The fraction of sp³-hybridized carbons (Fsp3) is 0.528. The Kier molecular flexibility index (Phi) is 8.00. The van der Waals surface area contributed by atoms with Gasteiger partial charge in [0.15, 0.2) is 5.82 Å². The van der Waals surface area contributed by atoms with Crippen LogP contribution in [0.2, 0.25) is 0 Å². The molecule has 9 heteroatoms. The zero-order valence-corrected chi connectivity index (χ0v) is 26.6. The first-order valence-electron chi connectivity index (χ1n) is 16.7. The number of nitrogens with zero attached hydrogens (tertiary/aromatic N) is 5. The van der Waals surface area contributed by atoms with Gasteiger partial charge in [0.25, 0.3) is 0 Å². The van der Waals surface area contributed by atoms with Crippen molar-refractivity contribution in [1.29, 1.82) is 0 Å². The van der Waals surface area contributed by atoms with Gasteiger partial charge in [0.1, 0.15) is 35.2 Å². The lowest BCUT2D eigenvalue weighted by molar-refractivity contribution is 0.108.